The van der Waals surface area contributed by atoms with Crippen molar-refractivity contribution in [3.05, 3.63) is 0 Å². The van der Waals surface area contributed by atoms with Gasteiger partial charge in [-0.1, -0.05) is 0 Å². The van der Waals surface area contributed by atoms with Crippen molar-refractivity contribution >= 4 is 0 Å². The molecule has 1 aliphatic heterocycles. The number of nitrogens with one attached hydrogen (secondary N) is 1. The summed E-state index contributed by atoms with van der Waals surface area (Å²) in [5.74, 6) is 0. The molecule has 0 aromatic rings. The number of hydrogen-bond acceptors (Lipinski definition) is 2. The highest BCUT2D eigenvalue weighted by Gasteiger charge is 2.16. The summed E-state index contributed by atoms with van der Waals surface area (Å²) in [5.41, 5.74) is 0. The molecular weight excluding hydrogens is 162 g/mol. The average molecular weight is 178 g/mol. The second kappa shape index (κ2) is 4.72. The summed E-state index contributed by atoms with van der Waals surface area (Å²) < 4.78 is 24.0. The molecule has 1 aliphatic rings. The zero-order valence-electron chi connectivity index (χ0n) is 7.39. The normalized spacial score (nSPS) is 27.5. The molecule has 0 aromatic carbocycles. The maximum absolute atomic E-state index is 12.0. The van der Waals surface area contributed by atoms with Gasteiger partial charge in [-0.25, -0.2) is 8.78 Å². The Morgan fingerprint density at radius 2 is 2.33 bits per heavy atom. The van der Waals surface area contributed by atoms with Crippen LogP contribution in [0.4, 0.5) is 8.78 Å². The Labute approximate surface area is 71.9 Å². The summed E-state index contributed by atoms with van der Waals surface area (Å²) in [6.07, 6.45) is -1.23. The third-order valence-electron chi connectivity index (χ3n) is 2.07. The fourth-order valence-corrected chi connectivity index (χ4v) is 1.56. The lowest BCUT2D eigenvalue weighted by molar-refractivity contribution is 0.0882. The second-order valence-electron chi connectivity index (χ2n) is 3.36. The second-order valence-corrected chi connectivity index (χ2v) is 3.36. The van der Waals surface area contributed by atoms with E-state index in [4.69, 9.17) is 0 Å². The first-order valence-electron chi connectivity index (χ1n) is 4.42. The van der Waals surface area contributed by atoms with Crippen LogP contribution < -0.4 is 5.32 Å². The lowest BCUT2D eigenvalue weighted by Gasteiger charge is -2.21. The highest BCUT2D eigenvalue weighted by atomic mass is 19.3. The van der Waals surface area contributed by atoms with Crippen molar-refractivity contribution in [1.29, 1.82) is 0 Å². The quantitative estimate of drug-likeness (QED) is 0.677. The van der Waals surface area contributed by atoms with E-state index >= 15 is 0 Å². The summed E-state index contributed by atoms with van der Waals surface area (Å²) in [6.45, 7) is 4.43. The third kappa shape index (κ3) is 3.45. The number of alkyl halides is 2. The smallest absolute Gasteiger partial charge is 0.251 e. The number of nitrogens with zero attached hydrogens (tertiary/aromatic N) is 1. The van der Waals surface area contributed by atoms with Crippen LogP contribution in [0.15, 0.2) is 0 Å². The van der Waals surface area contributed by atoms with Crippen molar-refractivity contribution < 1.29 is 8.78 Å². The largest absolute Gasteiger partial charge is 0.313 e. The van der Waals surface area contributed by atoms with E-state index in [1.54, 1.807) is 0 Å². The minimum Gasteiger partial charge on any atom is -0.313 e. The van der Waals surface area contributed by atoms with Gasteiger partial charge in [-0.2, -0.15) is 0 Å². The van der Waals surface area contributed by atoms with Crippen molar-refractivity contribution in [2.75, 3.05) is 26.2 Å². The molecule has 1 fully saturated rings. The van der Waals surface area contributed by atoms with Gasteiger partial charge in [0, 0.05) is 12.6 Å². The van der Waals surface area contributed by atoms with E-state index in [0.717, 1.165) is 26.1 Å². The topological polar surface area (TPSA) is 15.3 Å². The Morgan fingerprint density at radius 1 is 1.58 bits per heavy atom. The van der Waals surface area contributed by atoms with E-state index in [1.165, 1.54) is 0 Å². The molecule has 72 valence electrons. The first kappa shape index (κ1) is 9.86. The van der Waals surface area contributed by atoms with Crippen LogP contribution in [0.3, 0.4) is 0 Å². The molecule has 4 heteroatoms. The predicted octanol–water partition coefficient (Wildman–Crippen LogP) is 0.935. The Morgan fingerprint density at radius 3 is 3.00 bits per heavy atom. The van der Waals surface area contributed by atoms with Gasteiger partial charge in [0.15, 0.2) is 0 Å². The molecule has 0 saturated carbocycles. The van der Waals surface area contributed by atoms with Gasteiger partial charge in [-0.15, -0.1) is 0 Å². The standard InChI is InChI=1S/C8H16F2N2/c1-7-5-12(6-8(9)10)4-2-3-11-7/h7-8,11H,2-6H2,1H3. The average Bonchev–Trinajstić information content (AvgIpc) is 2.12. The predicted molar refractivity (Wildman–Crippen MR) is 44.5 cm³/mol. The SMILES string of the molecule is CC1CN(CC(F)F)CCCN1. The van der Waals surface area contributed by atoms with Gasteiger partial charge in [0.1, 0.15) is 0 Å². The maximum Gasteiger partial charge on any atom is 0.251 e. The molecule has 0 aromatic heterocycles. The minimum absolute atomic E-state index is 0.0774. The van der Waals surface area contributed by atoms with E-state index < -0.39 is 6.43 Å². The summed E-state index contributed by atoms with van der Waals surface area (Å²) in [4.78, 5) is 1.83. The van der Waals surface area contributed by atoms with Crippen LogP contribution in [0.5, 0.6) is 0 Å². The van der Waals surface area contributed by atoms with Crippen LogP contribution in [0.2, 0.25) is 0 Å². The molecule has 1 atom stereocenters. The Balaban J connectivity index is 2.31. The lowest BCUT2D eigenvalue weighted by Crippen LogP contribution is -2.37. The van der Waals surface area contributed by atoms with Crippen LogP contribution >= 0.6 is 0 Å². The van der Waals surface area contributed by atoms with E-state index in [-0.39, 0.29) is 6.54 Å². The molecule has 0 aliphatic carbocycles. The first-order valence-corrected chi connectivity index (χ1v) is 4.42. The van der Waals surface area contributed by atoms with Crippen molar-refractivity contribution in [2.24, 2.45) is 0 Å². The Kier molecular flexibility index (Phi) is 3.88. The fraction of sp³-hybridized carbons (Fsp3) is 1.00. The van der Waals surface area contributed by atoms with Crippen molar-refractivity contribution in [3.63, 3.8) is 0 Å². The molecular formula is C8H16F2N2. The molecule has 1 unspecified atom stereocenters. The number of rotatable bonds is 2. The van der Waals surface area contributed by atoms with Crippen molar-refractivity contribution in [1.82, 2.24) is 10.2 Å². The van der Waals surface area contributed by atoms with E-state index in [2.05, 4.69) is 5.32 Å². The lowest BCUT2D eigenvalue weighted by atomic mass is 10.3. The summed E-state index contributed by atoms with van der Waals surface area (Å²) in [6, 6.07) is 0.339. The highest BCUT2D eigenvalue weighted by molar-refractivity contribution is 4.72. The van der Waals surface area contributed by atoms with Gasteiger partial charge in [0.2, 0.25) is 0 Å². The molecule has 0 amide bonds. The Hall–Kier alpha value is -0.220. The molecule has 12 heavy (non-hydrogen) atoms. The van der Waals surface area contributed by atoms with Gasteiger partial charge < -0.3 is 5.32 Å². The first-order chi connectivity index (χ1) is 5.68. The van der Waals surface area contributed by atoms with Crippen LogP contribution in [0.1, 0.15) is 13.3 Å². The molecule has 1 N–H and O–H groups in total. The summed E-state index contributed by atoms with van der Waals surface area (Å²) >= 11 is 0. The molecule has 1 rings (SSSR count). The van der Waals surface area contributed by atoms with Crippen LogP contribution in [0.25, 0.3) is 0 Å². The van der Waals surface area contributed by atoms with Crippen molar-refractivity contribution in [2.45, 2.75) is 25.8 Å². The Bertz CT molecular complexity index is 130. The van der Waals surface area contributed by atoms with Gasteiger partial charge in [0.05, 0.1) is 6.54 Å². The van der Waals surface area contributed by atoms with E-state index in [0.29, 0.717) is 6.04 Å². The molecule has 0 spiro atoms. The zero-order valence-corrected chi connectivity index (χ0v) is 7.39. The molecule has 0 radical (unpaired) electrons. The number of hydrogen-bond donors (Lipinski definition) is 1. The summed E-state index contributed by atoms with van der Waals surface area (Å²) in [5, 5.41) is 3.26. The van der Waals surface area contributed by atoms with Gasteiger partial charge in [-0.3, -0.25) is 4.90 Å². The van der Waals surface area contributed by atoms with Gasteiger partial charge in [0.25, 0.3) is 6.43 Å². The molecule has 0 bridgehead atoms. The van der Waals surface area contributed by atoms with Crippen LogP contribution in [0, 0.1) is 0 Å². The van der Waals surface area contributed by atoms with Gasteiger partial charge >= 0.3 is 0 Å². The van der Waals surface area contributed by atoms with Crippen LogP contribution in [-0.2, 0) is 0 Å². The minimum atomic E-state index is -2.20. The molecule has 1 heterocycles. The molecule has 2 nitrogen and oxygen atoms in total. The molecule has 1 saturated heterocycles. The van der Waals surface area contributed by atoms with Crippen molar-refractivity contribution in [3.8, 4) is 0 Å². The van der Waals surface area contributed by atoms with E-state index in [9.17, 15) is 8.78 Å². The summed E-state index contributed by atoms with van der Waals surface area (Å²) in [7, 11) is 0. The fourth-order valence-electron chi connectivity index (χ4n) is 1.56. The zero-order chi connectivity index (χ0) is 8.97. The highest BCUT2D eigenvalue weighted by Crippen LogP contribution is 2.03. The number of halogens is 2. The monoisotopic (exact) mass is 178 g/mol. The maximum atomic E-state index is 12.0. The van der Waals surface area contributed by atoms with E-state index in [1.807, 2.05) is 11.8 Å². The van der Waals surface area contributed by atoms with Gasteiger partial charge in [-0.05, 0) is 26.4 Å². The third-order valence-corrected chi connectivity index (χ3v) is 2.07. The van der Waals surface area contributed by atoms with Crippen LogP contribution in [-0.4, -0.2) is 43.5 Å².